The maximum atomic E-state index is 11.9. The van der Waals surface area contributed by atoms with Gasteiger partial charge in [-0.15, -0.1) is 12.4 Å². The van der Waals surface area contributed by atoms with Crippen molar-refractivity contribution in [1.29, 1.82) is 0 Å². The molecule has 3 N–H and O–H groups in total. The number of hydrogen-bond acceptors (Lipinski definition) is 5. The van der Waals surface area contributed by atoms with Gasteiger partial charge in [0.1, 0.15) is 18.4 Å². The summed E-state index contributed by atoms with van der Waals surface area (Å²) in [6, 6.07) is 4.22. The maximum absolute atomic E-state index is 11.9. The minimum absolute atomic E-state index is 0. The zero-order chi connectivity index (χ0) is 15.7. The van der Waals surface area contributed by atoms with Crippen molar-refractivity contribution in [2.75, 3.05) is 38.9 Å². The second-order valence-corrected chi connectivity index (χ2v) is 4.67. The molecule has 22 heavy (non-hydrogen) atoms. The van der Waals surface area contributed by atoms with E-state index in [1.165, 1.54) is 7.11 Å². The number of benzene rings is 1. The van der Waals surface area contributed by atoms with Crippen molar-refractivity contribution in [3.05, 3.63) is 23.2 Å². The number of anilines is 1. The number of carbonyl (C=O) groups excluding carboxylic acids is 1. The molecule has 1 unspecified atom stereocenters. The van der Waals surface area contributed by atoms with Gasteiger partial charge in [0.05, 0.1) is 18.9 Å². The lowest BCUT2D eigenvalue weighted by atomic mass is 10.2. The van der Waals surface area contributed by atoms with Gasteiger partial charge in [0.25, 0.3) is 0 Å². The van der Waals surface area contributed by atoms with Crippen molar-refractivity contribution in [3.63, 3.8) is 0 Å². The minimum atomic E-state index is -0.759. The van der Waals surface area contributed by atoms with E-state index in [1.54, 1.807) is 18.2 Å². The van der Waals surface area contributed by atoms with Crippen LogP contribution in [0.2, 0.25) is 5.02 Å². The number of hydrogen-bond donors (Lipinski definition) is 2. The summed E-state index contributed by atoms with van der Waals surface area (Å²) in [5.41, 5.74) is 6.14. The average Bonchev–Trinajstić information content (AvgIpc) is 2.45. The Balaban J connectivity index is 0.00000441. The van der Waals surface area contributed by atoms with Crippen LogP contribution >= 0.6 is 24.0 Å². The molecule has 0 aliphatic rings. The molecule has 126 valence electrons. The molecule has 0 spiro atoms. The number of methoxy groups -OCH3 is 1. The van der Waals surface area contributed by atoms with Gasteiger partial charge < -0.3 is 25.3 Å². The molecule has 0 aliphatic carbocycles. The first-order valence-corrected chi connectivity index (χ1v) is 7.01. The molecule has 1 rings (SSSR count). The third-order valence-electron chi connectivity index (χ3n) is 2.57. The number of carbonyl (C=O) groups is 1. The highest BCUT2D eigenvalue weighted by Gasteiger charge is 2.15. The lowest BCUT2D eigenvalue weighted by Gasteiger charge is -2.15. The van der Waals surface area contributed by atoms with Crippen LogP contribution in [0.15, 0.2) is 18.2 Å². The van der Waals surface area contributed by atoms with Crippen LogP contribution in [0.1, 0.15) is 6.92 Å². The van der Waals surface area contributed by atoms with Crippen molar-refractivity contribution in [2.24, 2.45) is 5.73 Å². The van der Waals surface area contributed by atoms with E-state index in [1.807, 2.05) is 6.92 Å². The summed E-state index contributed by atoms with van der Waals surface area (Å²) in [4.78, 5) is 11.9. The van der Waals surface area contributed by atoms with E-state index < -0.39 is 6.04 Å². The van der Waals surface area contributed by atoms with Gasteiger partial charge >= 0.3 is 0 Å². The normalized spacial score (nSPS) is 11.5. The highest BCUT2D eigenvalue weighted by atomic mass is 35.5. The van der Waals surface area contributed by atoms with Gasteiger partial charge in [0.15, 0.2) is 0 Å². The molecular formula is C14H22Cl2N2O4. The zero-order valence-electron chi connectivity index (χ0n) is 12.6. The summed E-state index contributed by atoms with van der Waals surface area (Å²) in [6.07, 6.45) is 0. The summed E-state index contributed by atoms with van der Waals surface area (Å²) in [6.45, 7) is 3.51. The second-order valence-electron chi connectivity index (χ2n) is 4.24. The first-order chi connectivity index (χ1) is 10.1. The van der Waals surface area contributed by atoms with Crippen molar-refractivity contribution in [2.45, 2.75) is 13.0 Å². The SMILES string of the molecule is CCOCCOc1ccc(Cl)cc1NC(=O)C(N)COC.Cl. The molecule has 1 aromatic carbocycles. The average molecular weight is 353 g/mol. The molecular weight excluding hydrogens is 331 g/mol. The summed E-state index contributed by atoms with van der Waals surface area (Å²) >= 11 is 5.94. The van der Waals surface area contributed by atoms with Crippen molar-refractivity contribution in [1.82, 2.24) is 0 Å². The van der Waals surface area contributed by atoms with Gasteiger partial charge in [-0.05, 0) is 25.1 Å². The largest absolute Gasteiger partial charge is 0.489 e. The smallest absolute Gasteiger partial charge is 0.243 e. The van der Waals surface area contributed by atoms with E-state index >= 15 is 0 Å². The number of nitrogens with one attached hydrogen (secondary N) is 1. The molecule has 0 saturated heterocycles. The van der Waals surface area contributed by atoms with Gasteiger partial charge in [0, 0.05) is 18.7 Å². The first kappa shape index (κ1) is 20.9. The van der Waals surface area contributed by atoms with Gasteiger partial charge in [-0.3, -0.25) is 4.79 Å². The summed E-state index contributed by atoms with van der Waals surface area (Å²) in [7, 11) is 1.48. The quantitative estimate of drug-likeness (QED) is 0.665. The number of amides is 1. The Bertz CT molecular complexity index is 460. The lowest BCUT2D eigenvalue weighted by molar-refractivity contribution is -0.118. The molecule has 0 aliphatic heterocycles. The Morgan fingerprint density at radius 2 is 2.14 bits per heavy atom. The Labute approximate surface area is 141 Å². The predicted molar refractivity (Wildman–Crippen MR) is 89.2 cm³/mol. The van der Waals surface area contributed by atoms with Gasteiger partial charge in [-0.1, -0.05) is 11.6 Å². The summed E-state index contributed by atoms with van der Waals surface area (Å²) in [5, 5.41) is 3.17. The fourth-order valence-corrected chi connectivity index (χ4v) is 1.73. The van der Waals surface area contributed by atoms with Crippen molar-refractivity contribution >= 4 is 35.6 Å². The van der Waals surface area contributed by atoms with E-state index in [2.05, 4.69) is 5.32 Å². The molecule has 8 heteroatoms. The Morgan fingerprint density at radius 3 is 2.77 bits per heavy atom. The van der Waals surface area contributed by atoms with Crippen molar-refractivity contribution < 1.29 is 19.0 Å². The van der Waals surface area contributed by atoms with Crippen LogP contribution < -0.4 is 15.8 Å². The molecule has 1 atom stereocenters. The van der Waals surface area contributed by atoms with Crippen LogP contribution in [0.25, 0.3) is 0 Å². The van der Waals surface area contributed by atoms with Crippen molar-refractivity contribution in [3.8, 4) is 5.75 Å². The van der Waals surface area contributed by atoms with E-state index in [-0.39, 0.29) is 24.9 Å². The minimum Gasteiger partial charge on any atom is -0.489 e. The molecule has 0 heterocycles. The monoisotopic (exact) mass is 352 g/mol. The van der Waals surface area contributed by atoms with Gasteiger partial charge in [-0.2, -0.15) is 0 Å². The summed E-state index contributed by atoms with van der Waals surface area (Å²) in [5.74, 6) is 0.144. The van der Waals surface area contributed by atoms with Crippen LogP contribution in [0, 0.1) is 0 Å². The molecule has 0 aromatic heterocycles. The number of rotatable bonds is 9. The van der Waals surface area contributed by atoms with Gasteiger partial charge in [0.2, 0.25) is 5.91 Å². The molecule has 1 aromatic rings. The molecule has 1 amide bonds. The Kier molecular flexibility index (Phi) is 11.0. The fraction of sp³-hybridized carbons (Fsp3) is 0.500. The lowest BCUT2D eigenvalue weighted by Crippen LogP contribution is -2.39. The number of ether oxygens (including phenoxy) is 3. The van der Waals surface area contributed by atoms with E-state index in [9.17, 15) is 4.79 Å². The van der Waals surface area contributed by atoms with Crippen LogP contribution in [-0.4, -0.2) is 45.5 Å². The van der Waals surface area contributed by atoms with E-state index in [0.717, 1.165) is 0 Å². The second kappa shape index (κ2) is 11.5. The standard InChI is InChI=1S/C14H21ClN2O4.ClH/c1-3-20-6-7-21-13-5-4-10(15)8-12(13)17-14(18)11(16)9-19-2;/h4-5,8,11H,3,6-7,9,16H2,1-2H3,(H,17,18);1H. The highest BCUT2D eigenvalue weighted by Crippen LogP contribution is 2.28. The first-order valence-electron chi connectivity index (χ1n) is 6.64. The topological polar surface area (TPSA) is 82.8 Å². The fourth-order valence-electron chi connectivity index (χ4n) is 1.56. The van der Waals surface area contributed by atoms with Crippen LogP contribution in [0.5, 0.6) is 5.75 Å². The van der Waals surface area contributed by atoms with E-state index in [4.69, 9.17) is 31.5 Å². The van der Waals surface area contributed by atoms with Gasteiger partial charge in [-0.25, -0.2) is 0 Å². The molecule has 0 saturated carbocycles. The van der Waals surface area contributed by atoms with E-state index in [0.29, 0.717) is 36.3 Å². The Morgan fingerprint density at radius 1 is 1.41 bits per heavy atom. The predicted octanol–water partition coefficient (Wildman–Crippen LogP) is 2.09. The molecule has 6 nitrogen and oxygen atoms in total. The maximum Gasteiger partial charge on any atom is 0.243 e. The molecule has 0 bridgehead atoms. The number of nitrogens with two attached hydrogens (primary N) is 1. The Hall–Kier alpha value is -1.05. The third kappa shape index (κ3) is 7.29. The zero-order valence-corrected chi connectivity index (χ0v) is 14.2. The molecule has 0 radical (unpaired) electrons. The number of halogens is 2. The summed E-state index contributed by atoms with van der Waals surface area (Å²) < 4.78 is 15.6. The third-order valence-corrected chi connectivity index (χ3v) is 2.81. The highest BCUT2D eigenvalue weighted by molar-refractivity contribution is 6.31. The van der Waals surface area contributed by atoms with Crippen LogP contribution in [0.3, 0.4) is 0 Å². The van der Waals surface area contributed by atoms with Crippen LogP contribution in [-0.2, 0) is 14.3 Å². The van der Waals surface area contributed by atoms with Crippen LogP contribution in [0.4, 0.5) is 5.69 Å². The molecule has 0 fully saturated rings.